The Balaban J connectivity index is 0.000000217. The quantitative estimate of drug-likeness (QED) is 0.107. The van der Waals surface area contributed by atoms with Gasteiger partial charge in [-0.15, -0.1) is 69.8 Å². The van der Waals surface area contributed by atoms with Gasteiger partial charge in [0.2, 0.25) is 0 Å². The van der Waals surface area contributed by atoms with E-state index in [1.54, 1.807) is 0 Å². The van der Waals surface area contributed by atoms with Crippen molar-refractivity contribution in [3.05, 3.63) is 143 Å². The number of nitrogens with zero attached hydrogens (tertiary/aromatic N) is 2. The molecule has 1 radical (unpaired) electrons. The predicted molar refractivity (Wildman–Crippen MR) is 197 cm³/mol. The van der Waals surface area contributed by atoms with Gasteiger partial charge in [0.15, 0.2) is 5.78 Å². The number of pyridine rings is 2. The van der Waals surface area contributed by atoms with E-state index in [0.29, 0.717) is 5.92 Å². The molecule has 0 amide bonds. The summed E-state index contributed by atoms with van der Waals surface area (Å²) in [5.41, 5.74) is 11.4. The summed E-state index contributed by atoms with van der Waals surface area (Å²) in [4.78, 5) is 19.4. The standard InChI is InChI=1S/C21H22N.C17H14N.C5H8O2.Ir/c1-14(2)9-17-5-6-18-7-8-20(22-21(18)13-17)19-11-15(3)10-16(4)12-19;1-12-9-13(2)11-15(10-12)17-16-6-4-3-5-14(16)7-8-18-17;1-4(6)3-5(2)7;/h5-8,10-11,13-14H,9H2,1-4H3;3-10H,1-2H3;3,6H,1-2H3;/q2*-1;;. The Bertz CT molecular complexity index is 2000. The first kappa shape index (κ1) is 38.0. The van der Waals surface area contributed by atoms with E-state index in [4.69, 9.17) is 10.1 Å². The van der Waals surface area contributed by atoms with E-state index >= 15 is 0 Å². The average Bonchev–Trinajstić information content (AvgIpc) is 2.99. The van der Waals surface area contributed by atoms with Crippen LogP contribution in [-0.4, -0.2) is 20.9 Å². The van der Waals surface area contributed by atoms with E-state index < -0.39 is 0 Å². The molecule has 0 fully saturated rings. The van der Waals surface area contributed by atoms with Crippen molar-refractivity contribution in [2.45, 2.75) is 61.8 Å². The maximum Gasteiger partial charge on any atom is 0.155 e. The average molecular weight is 813 g/mol. The smallest absolute Gasteiger partial charge is 0.155 e. The largest absolute Gasteiger partial charge is 0.512 e. The van der Waals surface area contributed by atoms with Crippen molar-refractivity contribution >= 4 is 27.5 Å². The van der Waals surface area contributed by atoms with Gasteiger partial charge in [-0.3, -0.25) is 9.78 Å². The zero-order valence-corrected chi connectivity index (χ0v) is 31.5. The molecule has 0 aliphatic heterocycles. The number of rotatable bonds is 5. The second kappa shape index (κ2) is 17.6. The molecule has 6 aromatic rings. The number of allylic oxidation sites excluding steroid dienone is 2. The Kier molecular flexibility index (Phi) is 14.0. The summed E-state index contributed by atoms with van der Waals surface area (Å²) in [6.45, 7) is 15.7. The number of aromatic nitrogens is 2. The van der Waals surface area contributed by atoms with Crippen molar-refractivity contribution < 1.29 is 30.0 Å². The number of ketones is 1. The van der Waals surface area contributed by atoms with Gasteiger partial charge in [-0.05, 0) is 71.4 Å². The van der Waals surface area contributed by atoms with Crippen LogP contribution < -0.4 is 0 Å². The number of hydrogen-bond donors (Lipinski definition) is 1. The van der Waals surface area contributed by atoms with Crippen LogP contribution in [0.1, 0.15) is 55.5 Å². The maximum absolute atomic E-state index is 10.0. The Morgan fingerprint density at radius 3 is 2.02 bits per heavy atom. The molecule has 6 rings (SSSR count). The van der Waals surface area contributed by atoms with Gasteiger partial charge in [-0.1, -0.05) is 90.1 Å². The third-order valence-corrected chi connectivity index (χ3v) is 7.31. The Morgan fingerprint density at radius 2 is 1.42 bits per heavy atom. The molecule has 0 unspecified atom stereocenters. The number of fused-ring (bicyclic) bond motifs is 2. The van der Waals surface area contributed by atoms with Crippen molar-refractivity contribution in [1.29, 1.82) is 0 Å². The zero-order valence-electron chi connectivity index (χ0n) is 29.1. The first-order valence-electron chi connectivity index (χ1n) is 16.0. The molecule has 0 spiro atoms. The van der Waals surface area contributed by atoms with Crippen molar-refractivity contribution in [2.75, 3.05) is 0 Å². The van der Waals surface area contributed by atoms with Gasteiger partial charge >= 0.3 is 0 Å². The fourth-order valence-corrected chi connectivity index (χ4v) is 5.60. The van der Waals surface area contributed by atoms with Crippen molar-refractivity contribution in [2.24, 2.45) is 5.92 Å². The molecular weight excluding hydrogens is 769 g/mol. The molecule has 0 saturated heterocycles. The number of carbonyl (C=O) groups excluding carboxylic acids is 1. The first-order chi connectivity index (χ1) is 22.4. The number of carbonyl (C=O) groups is 1. The third-order valence-electron chi connectivity index (χ3n) is 7.31. The van der Waals surface area contributed by atoms with Gasteiger partial charge in [0, 0.05) is 32.4 Å². The molecule has 0 aliphatic rings. The Hall–Kier alpha value is -4.44. The van der Waals surface area contributed by atoms with Crippen LogP contribution >= 0.6 is 0 Å². The molecule has 1 N–H and O–H groups in total. The zero-order chi connectivity index (χ0) is 34.1. The molecule has 48 heavy (non-hydrogen) atoms. The van der Waals surface area contributed by atoms with E-state index in [1.165, 1.54) is 52.8 Å². The van der Waals surface area contributed by atoms with Crippen LogP contribution in [-0.2, 0) is 31.3 Å². The number of benzene rings is 4. The molecule has 4 nitrogen and oxygen atoms in total. The molecule has 0 saturated carbocycles. The van der Waals surface area contributed by atoms with E-state index in [9.17, 15) is 4.79 Å². The first-order valence-corrected chi connectivity index (χ1v) is 16.0. The monoisotopic (exact) mass is 813 g/mol. The van der Waals surface area contributed by atoms with Crippen molar-refractivity contribution in [1.82, 2.24) is 9.97 Å². The number of hydrogen-bond acceptors (Lipinski definition) is 4. The fourth-order valence-electron chi connectivity index (χ4n) is 5.60. The van der Waals surface area contributed by atoms with Crippen LogP contribution in [0.2, 0.25) is 0 Å². The predicted octanol–water partition coefficient (Wildman–Crippen LogP) is 10.9. The second-order valence-corrected chi connectivity index (χ2v) is 12.6. The number of aryl methyl sites for hydroxylation is 4. The van der Waals surface area contributed by atoms with Gasteiger partial charge in [-0.2, -0.15) is 0 Å². The molecule has 0 bridgehead atoms. The normalized spacial score (nSPS) is 10.9. The van der Waals surface area contributed by atoms with Crippen LogP contribution in [0.25, 0.3) is 44.2 Å². The summed E-state index contributed by atoms with van der Waals surface area (Å²) in [5, 5.41) is 12.0. The molecule has 2 aromatic heterocycles. The van der Waals surface area contributed by atoms with Crippen LogP contribution in [0.15, 0.2) is 103 Å². The topological polar surface area (TPSA) is 63.1 Å². The summed E-state index contributed by atoms with van der Waals surface area (Å²) in [5.74, 6) is 0.598. The number of aliphatic hydroxyl groups is 1. The van der Waals surface area contributed by atoms with Crippen LogP contribution in [0.4, 0.5) is 0 Å². The van der Waals surface area contributed by atoms with Crippen molar-refractivity contribution in [3.63, 3.8) is 0 Å². The van der Waals surface area contributed by atoms with Crippen molar-refractivity contribution in [3.8, 4) is 22.5 Å². The summed E-state index contributed by atoms with van der Waals surface area (Å²) in [6.07, 6.45) is 4.13. The molecule has 4 aromatic carbocycles. The summed E-state index contributed by atoms with van der Waals surface area (Å²) in [7, 11) is 0. The molecule has 0 atom stereocenters. The minimum absolute atomic E-state index is 0. The molecule has 2 heterocycles. The molecule has 249 valence electrons. The Labute approximate surface area is 299 Å². The summed E-state index contributed by atoms with van der Waals surface area (Å²) >= 11 is 0. The molecule has 0 aliphatic carbocycles. The minimum Gasteiger partial charge on any atom is -0.512 e. The van der Waals surface area contributed by atoms with Crippen LogP contribution in [0.5, 0.6) is 0 Å². The maximum atomic E-state index is 10.0. The van der Waals surface area contributed by atoms with Gasteiger partial charge in [0.05, 0.1) is 11.3 Å². The van der Waals surface area contributed by atoms with Gasteiger partial charge in [-0.25, -0.2) is 0 Å². The van der Waals surface area contributed by atoms with Crippen LogP contribution in [0, 0.1) is 45.7 Å². The molecular formula is C43H44IrN2O2-2. The van der Waals surface area contributed by atoms with E-state index in [1.807, 2.05) is 12.3 Å². The van der Waals surface area contributed by atoms with E-state index in [2.05, 4.69) is 138 Å². The number of aliphatic hydroxyl groups excluding tert-OH is 1. The minimum atomic E-state index is -0.125. The van der Waals surface area contributed by atoms with Gasteiger partial charge < -0.3 is 10.1 Å². The summed E-state index contributed by atoms with van der Waals surface area (Å²) < 4.78 is 0. The van der Waals surface area contributed by atoms with Gasteiger partial charge in [0.1, 0.15) is 0 Å². The fraction of sp³-hybridized carbons (Fsp3) is 0.233. The Morgan fingerprint density at radius 1 is 0.792 bits per heavy atom. The second-order valence-electron chi connectivity index (χ2n) is 12.6. The van der Waals surface area contributed by atoms with Gasteiger partial charge in [0.25, 0.3) is 0 Å². The summed E-state index contributed by atoms with van der Waals surface area (Å²) in [6, 6.07) is 36.6. The molecule has 5 heteroatoms. The van der Waals surface area contributed by atoms with E-state index in [-0.39, 0.29) is 31.6 Å². The van der Waals surface area contributed by atoms with E-state index in [0.717, 1.165) is 45.6 Å². The van der Waals surface area contributed by atoms with Crippen LogP contribution in [0.3, 0.4) is 0 Å². The third kappa shape index (κ3) is 11.1. The SMILES string of the molecule is CC(=O)C=C(C)O.Cc1[c-]c(-c2ccc3ccc(CC(C)C)cc3n2)cc(C)c1.Cc1[c-]c(-c2nccc3ccccc23)cc(C)c1.[Ir].